The second-order valence-electron chi connectivity index (χ2n) is 4.98. The lowest BCUT2D eigenvalue weighted by Gasteiger charge is -2.12. The van der Waals surface area contributed by atoms with Crippen molar-refractivity contribution in [2.45, 2.75) is 6.92 Å². The number of benzene rings is 2. The molecule has 24 heavy (non-hydrogen) atoms. The first-order valence-electron chi connectivity index (χ1n) is 7.12. The first kappa shape index (κ1) is 18.2. The van der Waals surface area contributed by atoms with E-state index in [9.17, 15) is 4.79 Å². The number of hydrogen-bond acceptors (Lipinski definition) is 3. The summed E-state index contributed by atoms with van der Waals surface area (Å²) in [7, 11) is 3.10. The second kappa shape index (κ2) is 8.08. The summed E-state index contributed by atoms with van der Waals surface area (Å²) < 4.78 is 10.5. The van der Waals surface area contributed by atoms with E-state index in [-0.39, 0.29) is 5.91 Å². The molecule has 0 radical (unpaired) electrons. The molecule has 0 aliphatic heterocycles. The van der Waals surface area contributed by atoms with Gasteiger partial charge in [0.25, 0.3) is 0 Å². The van der Waals surface area contributed by atoms with E-state index in [1.54, 1.807) is 43.5 Å². The highest BCUT2D eigenvalue weighted by Gasteiger charge is 2.10. The van der Waals surface area contributed by atoms with E-state index >= 15 is 0 Å². The number of aryl methyl sites for hydroxylation is 1. The molecule has 2 aromatic carbocycles. The van der Waals surface area contributed by atoms with Crippen LogP contribution in [0.5, 0.6) is 11.5 Å². The van der Waals surface area contributed by atoms with Crippen LogP contribution in [-0.4, -0.2) is 20.1 Å². The summed E-state index contributed by atoms with van der Waals surface area (Å²) in [6.45, 7) is 1.87. The zero-order chi connectivity index (χ0) is 17.7. The summed E-state index contributed by atoms with van der Waals surface area (Å²) in [4.78, 5) is 12.2. The molecule has 0 saturated carbocycles. The number of ether oxygens (including phenoxy) is 2. The number of methoxy groups -OCH3 is 2. The van der Waals surface area contributed by atoms with Crippen LogP contribution in [-0.2, 0) is 4.79 Å². The van der Waals surface area contributed by atoms with Crippen molar-refractivity contribution in [2.75, 3.05) is 19.5 Å². The number of anilines is 1. The Balaban J connectivity index is 2.20. The Morgan fingerprint density at radius 1 is 1.08 bits per heavy atom. The second-order valence-corrected chi connectivity index (χ2v) is 5.79. The van der Waals surface area contributed by atoms with Gasteiger partial charge in [-0.1, -0.05) is 29.3 Å². The Kier molecular flexibility index (Phi) is 6.12. The monoisotopic (exact) mass is 365 g/mol. The molecule has 0 aliphatic carbocycles. The van der Waals surface area contributed by atoms with Crippen LogP contribution in [0.25, 0.3) is 6.08 Å². The number of halogens is 2. The molecule has 0 atom stereocenters. The molecule has 126 valence electrons. The highest BCUT2D eigenvalue weighted by Crippen LogP contribution is 2.33. The summed E-state index contributed by atoms with van der Waals surface area (Å²) in [5.41, 5.74) is 2.08. The van der Waals surface area contributed by atoms with Crippen molar-refractivity contribution in [3.63, 3.8) is 0 Å². The normalized spacial score (nSPS) is 10.7. The number of carbonyl (C=O) groups excluding carboxylic acids is 1. The van der Waals surface area contributed by atoms with Crippen molar-refractivity contribution in [1.82, 2.24) is 0 Å². The lowest BCUT2D eigenvalue weighted by atomic mass is 10.1. The van der Waals surface area contributed by atoms with E-state index in [1.165, 1.54) is 13.2 Å². The van der Waals surface area contributed by atoms with Gasteiger partial charge in [-0.25, -0.2) is 0 Å². The highest BCUT2D eigenvalue weighted by atomic mass is 35.5. The average molecular weight is 366 g/mol. The van der Waals surface area contributed by atoms with Gasteiger partial charge in [0.1, 0.15) is 0 Å². The lowest BCUT2D eigenvalue weighted by molar-refractivity contribution is -0.111. The van der Waals surface area contributed by atoms with Crippen LogP contribution in [0.1, 0.15) is 11.1 Å². The fourth-order valence-corrected chi connectivity index (χ4v) is 2.64. The molecule has 0 spiro atoms. The van der Waals surface area contributed by atoms with Crippen LogP contribution in [0, 0.1) is 6.92 Å². The van der Waals surface area contributed by atoms with Gasteiger partial charge in [0.05, 0.1) is 14.2 Å². The zero-order valence-corrected chi connectivity index (χ0v) is 15.0. The lowest BCUT2D eigenvalue weighted by Crippen LogP contribution is -2.09. The SMILES string of the molecule is COc1cc(C)c(NC(=O)/C=C/c2c(Cl)cccc2Cl)cc1OC. The average Bonchev–Trinajstić information content (AvgIpc) is 2.55. The zero-order valence-electron chi connectivity index (χ0n) is 13.5. The van der Waals surface area contributed by atoms with Crippen molar-refractivity contribution in [2.24, 2.45) is 0 Å². The third kappa shape index (κ3) is 4.22. The molecule has 6 heteroatoms. The van der Waals surface area contributed by atoms with Crippen molar-refractivity contribution in [1.29, 1.82) is 0 Å². The van der Waals surface area contributed by atoms with Gasteiger partial charge in [0.15, 0.2) is 11.5 Å². The van der Waals surface area contributed by atoms with Crippen LogP contribution in [0.3, 0.4) is 0 Å². The largest absolute Gasteiger partial charge is 0.493 e. The fraction of sp³-hybridized carbons (Fsp3) is 0.167. The van der Waals surface area contributed by atoms with E-state index in [0.717, 1.165) is 5.56 Å². The molecule has 1 amide bonds. The van der Waals surface area contributed by atoms with Gasteiger partial charge >= 0.3 is 0 Å². The van der Waals surface area contributed by atoms with Gasteiger partial charge in [0.2, 0.25) is 5.91 Å². The Morgan fingerprint density at radius 3 is 2.25 bits per heavy atom. The van der Waals surface area contributed by atoms with Gasteiger partial charge in [-0.05, 0) is 36.8 Å². The van der Waals surface area contributed by atoms with Crippen molar-refractivity contribution < 1.29 is 14.3 Å². The molecule has 0 saturated heterocycles. The third-order valence-corrected chi connectivity index (χ3v) is 4.05. The minimum absolute atomic E-state index is 0.304. The van der Waals surface area contributed by atoms with E-state index in [2.05, 4.69) is 5.32 Å². The van der Waals surface area contributed by atoms with E-state index in [4.69, 9.17) is 32.7 Å². The minimum Gasteiger partial charge on any atom is -0.493 e. The molecule has 1 N–H and O–H groups in total. The molecular formula is C18H17Cl2NO3. The smallest absolute Gasteiger partial charge is 0.248 e. The van der Waals surface area contributed by atoms with Gasteiger partial charge in [-0.3, -0.25) is 4.79 Å². The number of hydrogen-bond donors (Lipinski definition) is 1. The molecule has 0 unspecified atom stereocenters. The molecule has 4 nitrogen and oxygen atoms in total. The van der Waals surface area contributed by atoms with Crippen molar-refractivity contribution in [3.05, 3.63) is 57.6 Å². The van der Waals surface area contributed by atoms with Gasteiger partial charge < -0.3 is 14.8 Å². The summed E-state index contributed by atoms with van der Waals surface area (Å²) in [6.07, 6.45) is 2.96. The maximum Gasteiger partial charge on any atom is 0.248 e. The maximum absolute atomic E-state index is 12.2. The molecular weight excluding hydrogens is 349 g/mol. The molecule has 2 aromatic rings. The standard InChI is InChI=1S/C18H17Cl2NO3/c1-11-9-16(23-2)17(24-3)10-15(11)21-18(22)8-7-12-13(19)5-4-6-14(12)20/h4-10H,1-3H3,(H,21,22)/b8-7+. The fourth-order valence-electron chi connectivity index (χ4n) is 2.12. The van der Waals surface area contributed by atoms with Crippen molar-refractivity contribution >= 4 is 40.9 Å². The van der Waals surface area contributed by atoms with Crippen LogP contribution in [0.2, 0.25) is 10.0 Å². The molecule has 0 heterocycles. The number of carbonyl (C=O) groups is 1. The first-order valence-corrected chi connectivity index (χ1v) is 7.87. The Bertz CT molecular complexity index is 768. The molecule has 0 aliphatic rings. The third-order valence-electron chi connectivity index (χ3n) is 3.39. The van der Waals surface area contributed by atoms with Gasteiger partial charge in [-0.15, -0.1) is 0 Å². The topological polar surface area (TPSA) is 47.6 Å². The quantitative estimate of drug-likeness (QED) is 0.760. The highest BCUT2D eigenvalue weighted by molar-refractivity contribution is 6.37. The first-order chi connectivity index (χ1) is 11.5. The number of rotatable bonds is 5. The van der Waals surface area contributed by atoms with Crippen LogP contribution in [0.4, 0.5) is 5.69 Å². The summed E-state index contributed by atoms with van der Waals surface area (Å²) in [6, 6.07) is 8.67. The molecule has 2 rings (SSSR count). The molecule has 0 bridgehead atoms. The molecule has 0 aromatic heterocycles. The van der Waals surface area contributed by atoms with Crippen molar-refractivity contribution in [3.8, 4) is 11.5 Å². The predicted octanol–water partition coefficient (Wildman–Crippen LogP) is 4.97. The van der Waals surface area contributed by atoms with Crippen LogP contribution in [0.15, 0.2) is 36.4 Å². The van der Waals surface area contributed by atoms with E-state index in [0.29, 0.717) is 32.8 Å². The predicted molar refractivity (Wildman–Crippen MR) is 98.4 cm³/mol. The molecule has 0 fully saturated rings. The Morgan fingerprint density at radius 2 is 1.67 bits per heavy atom. The maximum atomic E-state index is 12.2. The Hall–Kier alpha value is -2.17. The number of nitrogens with one attached hydrogen (secondary N) is 1. The van der Waals surface area contributed by atoms with Crippen LogP contribution >= 0.6 is 23.2 Å². The summed E-state index contributed by atoms with van der Waals surface area (Å²) in [5.74, 6) is 0.837. The van der Waals surface area contributed by atoms with Crippen LogP contribution < -0.4 is 14.8 Å². The summed E-state index contributed by atoms with van der Waals surface area (Å²) >= 11 is 12.1. The summed E-state index contributed by atoms with van der Waals surface area (Å²) in [5, 5.41) is 3.76. The minimum atomic E-state index is -0.304. The van der Waals surface area contributed by atoms with E-state index in [1.807, 2.05) is 6.92 Å². The van der Waals surface area contributed by atoms with Gasteiger partial charge in [-0.2, -0.15) is 0 Å². The van der Waals surface area contributed by atoms with E-state index < -0.39 is 0 Å². The number of amides is 1. The Labute approximate surface area is 151 Å². The van der Waals surface area contributed by atoms with Gasteiger partial charge in [0, 0.05) is 33.4 Å².